The Morgan fingerprint density at radius 1 is 1.29 bits per heavy atom. The van der Waals surface area contributed by atoms with Crippen LogP contribution < -0.4 is 0 Å². The van der Waals surface area contributed by atoms with Gasteiger partial charge < -0.3 is 9.88 Å². The number of carbonyl (C=O) groups excluding carboxylic acids is 1. The largest absolute Gasteiger partial charge is 0.342 e. The van der Waals surface area contributed by atoms with Crippen molar-refractivity contribution in [1.82, 2.24) is 24.6 Å². The lowest BCUT2D eigenvalue weighted by atomic mass is 10.2. The lowest BCUT2D eigenvalue weighted by molar-refractivity contribution is -0.132. The molecular formula is C18H21N5O. The molecule has 1 aliphatic heterocycles. The molecule has 6 nitrogen and oxygen atoms in total. The number of aromatic amines is 1. The quantitative estimate of drug-likeness (QED) is 0.784. The Kier molecular flexibility index (Phi) is 4.02. The van der Waals surface area contributed by atoms with Crippen LogP contribution in [0, 0.1) is 0 Å². The predicted molar refractivity (Wildman–Crippen MR) is 91.4 cm³/mol. The Hall–Kier alpha value is -2.63. The first-order valence-corrected chi connectivity index (χ1v) is 8.50. The van der Waals surface area contributed by atoms with Crippen LogP contribution in [0.4, 0.5) is 0 Å². The minimum atomic E-state index is 0.213. The number of nitrogens with one attached hydrogen (secondary N) is 1. The lowest BCUT2D eigenvalue weighted by Gasteiger charge is -2.24. The summed E-state index contributed by atoms with van der Waals surface area (Å²) in [6.07, 6.45) is 7.00. The third-order valence-electron chi connectivity index (χ3n) is 4.67. The predicted octanol–water partition coefficient (Wildman–Crippen LogP) is 2.38. The highest BCUT2D eigenvalue weighted by Crippen LogP contribution is 2.20. The summed E-state index contributed by atoms with van der Waals surface area (Å²) in [6, 6.07) is 10.1. The SMILES string of the molecule is O=C(CCc1nc2ccccc2[nH]1)N1CCC[C@@H]1Cn1cccn1. The third-order valence-corrected chi connectivity index (χ3v) is 4.67. The Morgan fingerprint density at radius 2 is 2.21 bits per heavy atom. The zero-order valence-electron chi connectivity index (χ0n) is 13.6. The fraction of sp³-hybridized carbons (Fsp3) is 0.389. The van der Waals surface area contributed by atoms with Crippen molar-refractivity contribution in [3.05, 3.63) is 48.5 Å². The molecule has 0 unspecified atom stereocenters. The Labute approximate surface area is 140 Å². The van der Waals surface area contributed by atoms with E-state index in [-0.39, 0.29) is 11.9 Å². The molecule has 0 spiro atoms. The molecule has 1 aromatic carbocycles. The molecule has 0 bridgehead atoms. The van der Waals surface area contributed by atoms with E-state index in [0.717, 1.165) is 42.8 Å². The molecule has 1 saturated heterocycles. The van der Waals surface area contributed by atoms with Gasteiger partial charge in [0.15, 0.2) is 0 Å². The van der Waals surface area contributed by atoms with Gasteiger partial charge in [0, 0.05) is 31.8 Å². The van der Waals surface area contributed by atoms with Crippen molar-refractivity contribution in [1.29, 1.82) is 0 Å². The molecule has 124 valence electrons. The average molecular weight is 323 g/mol. The normalized spacial score (nSPS) is 17.7. The summed E-state index contributed by atoms with van der Waals surface area (Å²) in [4.78, 5) is 22.5. The summed E-state index contributed by atoms with van der Waals surface area (Å²) >= 11 is 0. The number of amides is 1. The van der Waals surface area contributed by atoms with Crippen LogP contribution in [-0.2, 0) is 17.8 Å². The van der Waals surface area contributed by atoms with E-state index in [4.69, 9.17) is 0 Å². The number of likely N-dealkylation sites (tertiary alicyclic amines) is 1. The highest BCUT2D eigenvalue weighted by molar-refractivity contribution is 5.78. The summed E-state index contributed by atoms with van der Waals surface area (Å²) in [5.41, 5.74) is 1.98. The van der Waals surface area contributed by atoms with Gasteiger partial charge in [-0.15, -0.1) is 0 Å². The summed E-state index contributed by atoms with van der Waals surface area (Å²) in [5.74, 6) is 1.09. The van der Waals surface area contributed by atoms with Crippen LogP contribution in [0.15, 0.2) is 42.7 Å². The fourth-order valence-electron chi connectivity index (χ4n) is 3.47. The van der Waals surface area contributed by atoms with E-state index in [0.29, 0.717) is 12.8 Å². The van der Waals surface area contributed by atoms with E-state index in [9.17, 15) is 4.79 Å². The maximum atomic E-state index is 12.6. The number of para-hydroxylation sites is 2. The third kappa shape index (κ3) is 3.04. The van der Waals surface area contributed by atoms with Gasteiger partial charge in [-0.05, 0) is 31.0 Å². The zero-order valence-corrected chi connectivity index (χ0v) is 13.6. The molecule has 0 radical (unpaired) electrons. The van der Waals surface area contributed by atoms with Crippen molar-refractivity contribution in [3.63, 3.8) is 0 Å². The van der Waals surface area contributed by atoms with Gasteiger partial charge in [0.1, 0.15) is 5.82 Å². The van der Waals surface area contributed by atoms with Gasteiger partial charge in [-0.25, -0.2) is 4.98 Å². The minimum Gasteiger partial charge on any atom is -0.342 e. The molecule has 24 heavy (non-hydrogen) atoms. The first-order valence-electron chi connectivity index (χ1n) is 8.50. The maximum Gasteiger partial charge on any atom is 0.223 e. The number of imidazole rings is 1. The number of carbonyl (C=O) groups is 1. The molecule has 0 aliphatic carbocycles. The molecule has 1 N–H and O–H groups in total. The zero-order chi connectivity index (χ0) is 16.4. The molecule has 1 amide bonds. The van der Waals surface area contributed by atoms with Crippen molar-refractivity contribution in [2.24, 2.45) is 0 Å². The van der Waals surface area contributed by atoms with Gasteiger partial charge in [-0.3, -0.25) is 9.48 Å². The molecule has 2 aromatic heterocycles. The van der Waals surface area contributed by atoms with Crippen LogP contribution >= 0.6 is 0 Å². The van der Waals surface area contributed by atoms with Crippen LogP contribution in [0.5, 0.6) is 0 Å². The van der Waals surface area contributed by atoms with Crippen molar-refractivity contribution < 1.29 is 4.79 Å². The molecule has 1 fully saturated rings. The number of H-pyrrole nitrogens is 1. The van der Waals surface area contributed by atoms with Crippen molar-refractivity contribution in [2.75, 3.05) is 6.54 Å². The highest BCUT2D eigenvalue weighted by Gasteiger charge is 2.28. The van der Waals surface area contributed by atoms with Gasteiger partial charge >= 0.3 is 0 Å². The van der Waals surface area contributed by atoms with Crippen LogP contribution in [0.1, 0.15) is 25.1 Å². The molecule has 4 rings (SSSR count). The van der Waals surface area contributed by atoms with E-state index in [1.54, 1.807) is 6.20 Å². The van der Waals surface area contributed by atoms with Crippen molar-refractivity contribution in [3.8, 4) is 0 Å². The van der Waals surface area contributed by atoms with Crippen LogP contribution in [0.2, 0.25) is 0 Å². The van der Waals surface area contributed by atoms with E-state index in [1.165, 1.54) is 0 Å². The Balaban J connectivity index is 1.38. The number of hydrogen-bond donors (Lipinski definition) is 1. The first-order chi connectivity index (χ1) is 11.8. The number of nitrogens with zero attached hydrogens (tertiary/aromatic N) is 4. The van der Waals surface area contributed by atoms with E-state index in [2.05, 4.69) is 15.1 Å². The summed E-state index contributed by atoms with van der Waals surface area (Å²) < 4.78 is 1.91. The summed E-state index contributed by atoms with van der Waals surface area (Å²) in [7, 11) is 0. The molecule has 3 aromatic rings. The van der Waals surface area contributed by atoms with Gasteiger partial charge in [0.05, 0.1) is 23.6 Å². The number of fused-ring (bicyclic) bond motifs is 1. The molecule has 3 heterocycles. The molecular weight excluding hydrogens is 302 g/mol. The van der Waals surface area contributed by atoms with E-state index >= 15 is 0 Å². The molecule has 1 aliphatic rings. The topological polar surface area (TPSA) is 66.8 Å². The van der Waals surface area contributed by atoms with Gasteiger partial charge in [-0.1, -0.05) is 12.1 Å². The van der Waals surface area contributed by atoms with Crippen LogP contribution in [0.3, 0.4) is 0 Å². The second kappa shape index (κ2) is 6.47. The van der Waals surface area contributed by atoms with Crippen LogP contribution in [0.25, 0.3) is 11.0 Å². The van der Waals surface area contributed by atoms with E-state index < -0.39 is 0 Å². The van der Waals surface area contributed by atoms with Gasteiger partial charge in [-0.2, -0.15) is 5.10 Å². The molecule has 6 heteroatoms. The maximum absolute atomic E-state index is 12.6. The minimum absolute atomic E-state index is 0.213. The monoisotopic (exact) mass is 323 g/mol. The van der Waals surface area contributed by atoms with Crippen molar-refractivity contribution >= 4 is 16.9 Å². The lowest BCUT2D eigenvalue weighted by Crippen LogP contribution is -2.38. The molecule has 0 saturated carbocycles. The summed E-state index contributed by atoms with van der Waals surface area (Å²) in [6.45, 7) is 1.63. The highest BCUT2D eigenvalue weighted by atomic mass is 16.2. The molecule has 1 atom stereocenters. The van der Waals surface area contributed by atoms with E-state index in [1.807, 2.05) is 46.1 Å². The number of aryl methyl sites for hydroxylation is 1. The average Bonchev–Trinajstić information content (AvgIpc) is 3.33. The first kappa shape index (κ1) is 14.9. The van der Waals surface area contributed by atoms with Crippen molar-refractivity contribution in [2.45, 2.75) is 38.3 Å². The fourth-order valence-corrected chi connectivity index (χ4v) is 3.47. The number of hydrogen-bond acceptors (Lipinski definition) is 3. The van der Waals surface area contributed by atoms with Gasteiger partial charge in [0.2, 0.25) is 5.91 Å². The second-order valence-corrected chi connectivity index (χ2v) is 6.31. The Bertz CT molecular complexity index is 790. The van der Waals surface area contributed by atoms with Crippen LogP contribution in [-0.4, -0.2) is 43.1 Å². The van der Waals surface area contributed by atoms with Gasteiger partial charge in [0.25, 0.3) is 0 Å². The Morgan fingerprint density at radius 3 is 3.04 bits per heavy atom. The number of benzene rings is 1. The number of aromatic nitrogens is 4. The smallest absolute Gasteiger partial charge is 0.223 e. The number of rotatable bonds is 5. The standard InChI is InChI=1S/C18H21N5O/c24-18(9-8-17-20-15-6-1-2-7-16(15)21-17)23-12-3-5-14(23)13-22-11-4-10-19-22/h1-2,4,6-7,10-11,14H,3,5,8-9,12-13H2,(H,20,21)/t14-/m1/s1. The summed E-state index contributed by atoms with van der Waals surface area (Å²) in [5, 5.41) is 4.26. The second-order valence-electron chi connectivity index (χ2n) is 6.31.